The number of hydrogen-bond donors (Lipinski definition) is 5. The monoisotopic (exact) mass is 491 g/mol. The highest BCUT2D eigenvalue weighted by Gasteiger charge is 2.57. The smallest absolute Gasteiger partial charge is 0.124 e. The summed E-state index contributed by atoms with van der Waals surface area (Å²) in [6.45, 7) is 5.07. The number of nitrogens with zero attached hydrogens (tertiary/aromatic N) is 2. The Bertz CT molecular complexity index is 1600. The molecule has 1 saturated carbocycles. The van der Waals surface area contributed by atoms with E-state index < -0.39 is 0 Å². The van der Waals surface area contributed by atoms with Crippen molar-refractivity contribution in [2.24, 2.45) is 11.1 Å². The Balaban J connectivity index is 1.12. The second kappa shape index (κ2) is 8.52. The topological polar surface area (TPSA) is 107 Å². The highest BCUT2D eigenvalue weighted by atomic mass is 15.1. The molecule has 7 heteroatoms. The van der Waals surface area contributed by atoms with Crippen molar-refractivity contribution in [2.45, 2.75) is 57.9 Å². The van der Waals surface area contributed by atoms with Crippen molar-refractivity contribution in [1.29, 1.82) is 0 Å². The van der Waals surface area contributed by atoms with Crippen molar-refractivity contribution in [3.63, 3.8) is 0 Å². The number of fused-ring (bicyclic) bond motifs is 4. The summed E-state index contributed by atoms with van der Waals surface area (Å²) in [7, 11) is 0. The number of nitrogens with two attached hydrogens (primary N) is 1. The minimum atomic E-state index is -0.0145. The molecular weight excluding hydrogens is 458 g/mol. The Morgan fingerprint density at radius 3 is 2.62 bits per heavy atom. The van der Waals surface area contributed by atoms with Gasteiger partial charge in [0, 0.05) is 11.4 Å². The van der Waals surface area contributed by atoms with Gasteiger partial charge in [-0.3, -0.25) is 5.32 Å². The molecular formula is C30H33N7. The maximum absolute atomic E-state index is 5.95. The van der Waals surface area contributed by atoms with Gasteiger partial charge in [0.15, 0.2) is 0 Å². The van der Waals surface area contributed by atoms with Gasteiger partial charge >= 0.3 is 0 Å². The third-order valence-electron chi connectivity index (χ3n) is 8.37. The maximum Gasteiger partial charge on any atom is 0.124 e. The molecule has 0 amide bonds. The standard InChI is InChI=1S/C30H33N7/c1-3-26(31)32-16-27-33-15-24(35-27)18-6-4-17(5-7-18)19-8-10-21-20(12-19)9-11-22-28(21)37-29(36-22)23-13-30(2)14-25(30)34-23/h4-12,15,23,25-26,32,34H,3,13-14,16,31H2,1-2H3,(H,33,35)(H,36,37)/t23-,25+,26?,30-/m0/s1. The predicted octanol–water partition coefficient (Wildman–Crippen LogP) is 5.37. The number of imidazole rings is 2. The van der Waals surface area contributed by atoms with Crippen LogP contribution >= 0.6 is 0 Å². The normalized spacial score (nSPS) is 23.5. The van der Waals surface area contributed by atoms with Crippen LogP contribution in [0.5, 0.6) is 0 Å². The fourth-order valence-electron chi connectivity index (χ4n) is 5.82. The van der Waals surface area contributed by atoms with E-state index in [0.717, 1.165) is 40.4 Å². The van der Waals surface area contributed by atoms with Gasteiger partial charge in [-0.2, -0.15) is 0 Å². The largest absolute Gasteiger partial charge is 0.341 e. The minimum absolute atomic E-state index is 0.0145. The highest BCUT2D eigenvalue weighted by Crippen LogP contribution is 2.57. The third kappa shape index (κ3) is 4.03. The lowest BCUT2D eigenvalue weighted by Crippen LogP contribution is -2.36. The first-order valence-corrected chi connectivity index (χ1v) is 13.3. The molecule has 5 aromatic rings. The summed E-state index contributed by atoms with van der Waals surface area (Å²) in [4.78, 5) is 16.5. The summed E-state index contributed by atoms with van der Waals surface area (Å²) >= 11 is 0. The van der Waals surface area contributed by atoms with E-state index in [1.165, 1.54) is 34.7 Å². The van der Waals surface area contributed by atoms with Crippen molar-refractivity contribution < 1.29 is 0 Å². The van der Waals surface area contributed by atoms with E-state index in [1.807, 2.05) is 6.20 Å². The van der Waals surface area contributed by atoms with Crippen LogP contribution < -0.4 is 16.4 Å². The Labute approximate surface area is 216 Å². The van der Waals surface area contributed by atoms with Crippen LogP contribution in [0.25, 0.3) is 44.2 Å². The molecule has 0 bridgehead atoms. The van der Waals surface area contributed by atoms with Crippen LogP contribution in [0.15, 0.2) is 60.8 Å². The van der Waals surface area contributed by atoms with Crippen LogP contribution in [0.2, 0.25) is 0 Å². The molecule has 6 N–H and O–H groups in total. The summed E-state index contributed by atoms with van der Waals surface area (Å²) in [5.74, 6) is 1.96. The molecule has 3 heterocycles. The van der Waals surface area contributed by atoms with Crippen molar-refractivity contribution in [3.05, 3.63) is 72.4 Å². The summed E-state index contributed by atoms with van der Waals surface area (Å²) in [6.07, 6.45) is 5.21. The number of nitrogens with one attached hydrogen (secondary N) is 4. The molecule has 1 aliphatic heterocycles. The summed E-state index contributed by atoms with van der Waals surface area (Å²) in [5.41, 5.74) is 13.1. The van der Waals surface area contributed by atoms with E-state index in [9.17, 15) is 0 Å². The van der Waals surface area contributed by atoms with Crippen LogP contribution in [0.1, 0.15) is 50.8 Å². The molecule has 2 aromatic heterocycles. The lowest BCUT2D eigenvalue weighted by molar-refractivity contribution is 0.489. The first-order valence-electron chi connectivity index (χ1n) is 13.3. The molecule has 0 radical (unpaired) electrons. The van der Waals surface area contributed by atoms with Gasteiger partial charge in [-0.15, -0.1) is 0 Å². The first kappa shape index (κ1) is 22.7. The van der Waals surface area contributed by atoms with Gasteiger partial charge < -0.3 is 21.0 Å². The molecule has 7 nitrogen and oxygen atoms in total. The predicted molar refractivity (Wildman–Crippen MR) is 149 cm³/mol. The Morgan fingerprint density at radius 2 is 1.84 bits per heavy atom. The van der Waals surface area contributed by atoms with Crippen LogP contribution in [0.4, 0.5) is 0 Å². The van der Waals surface area contributed by atoms with Crippen LogP contribution in [0.3, 0.4) is 0 Å². The molecule has 2 aliphatic rings. The number of rotatable bonds is 7. The van der Waals surface area contributed by atoms with E-state index in [-0.39, 0.29) is 6.17 Å². The van der Waals surface area contributed by atoms with Crippen LogP contribution in [-0.4, -0.2) is 32.1 Å². The molecule has 37 heavy (non-hydrogen) atoms. The Morgan fingerprint density at radius 1 is 1.03 bits per heavy atom. The fourth-order valence-corrected chi connectivity index (χ4v) is 5.82. The number of aromatic nitrogens is 4. The number of piperidine rings is 1. The van der Waals surface area contributed by atoms with E-state index in [2.05, 4.69) is 94.0 Å². The molecule has 0 spiro atoms. The number of hydrogen-bond acceptors (Lipinski definition) is 5. The van der Waals surface area contributed by atoms with E-state index in [1.54, 1.807) is 0 Å². The third-order valence-corrected chi connectivity index (χ3v) is 8.37. The fraction of sp³-hybridized carbons (Fsp3) is 0.333. The zero-order chi connectivity index (χ0) is 25.1. The van der Waals surface area contributed by atoms with Gasteiger partial charge in [0.25, 0.3) is 0 Å². The summed E-state index contributed by atoms with van der Waals surface area (Å²) < 4.78 is 0. The zero-order valence-electron chi connectivity index (χ0n) is 21.3. The number of H-pyrrole nitrogens is 2. The molecule has 7 rings (SSSR count). The Kier molecular flexibility index (Phi) is 5.22. The van der Waals surface area contributed by atoms with E-state index >= 15 is 0 Å². The maximum atomic E-state index is 5.95. The van der Waals surface area contributed by atoms with Gasteiger partial charge in [0.2, 0.25) is 0 Å². The average Bonchev–Trinajstić information content (AvgIpc) is 3.36. The highest BCUT2D eigenvalue weighted by molar-refractivity contribution is 6.05. The van der Waals surface area contributed by atoms with Crippen molar-refractivity contribution in [2.75, 3.05) is 0 Å². The molecule has 4 atom stereocenters. The van der Waals surface area contributed by atoms with Crippen LogP contribution in [0, 0.1) is 5.41 Å². The van der Waals surface area contributed by atoms with Gasteiger partial charge in [-0.1, -0.05) is 56.3 Å². The van der Waals surface area contributed by atoms with Gasteiger partial charge in [-0.25, -0.2) is 9.97 Å². The van der Waals surface area contributed by atoms with Crippen molar-refractivity contribution in [1.82, 2.24) is 30.6 Å². The summed E-state index contributed by atoms with van der Waals surface area (Å²) in [5, 5.41) is 9.41. The molecule has 2 fully saturated rings. The van der Waals surface area contributed by atoms with Gasteiger partial charge in [0.05, 0.1) is 41.7 Å². The van der Waals surface area contributed by atoms with Gasteiger partial charge in [0.1, 0.15) is 11.6 Å². The zero-order valence-corrected chi connectivity index (χ0v) is 21.3. The second-order valence-electron chi connectivity index (χ2n) is 11.1. The molecule has 1 aliphatic carbocycles. The van der Waals surface area contributed by atoms with Gasteiger partial charge in [-0.05, 0) is 58.9 Å². The quantitative estimate of drug-likeness (QED) is 0.197. The lowest BCUT2D eigenvalue weighted by Gasteiger charge is -2.10. The minimum Gasteiger partial charge on any atom is -0.341 e. The average molecular weight is 492 g/mol. The first-order chi connectivity index (χ1) is 18.0. The second-order valence-corrected chi connectivity index (χ2v) is 11.1. The van der Waals surface area contributed by atoms with Crippen molar-refractivity contribution >= 4 is 21.8 Å². The molecule has 3 aromatic carbocycles. The number of aromatic amines is 2. The molecule has 188 valence electrons. The lowest BCUT2D eigenvalue weighted by atomic mass is 9.99. The Hall–Kier alpha value is -3.52. The number of benzene rings is 3. The molecule has 1 unspecified atom stereocenters. The molecule has 1 saturated heterocycles. The van der Waals surface area contributed by atoms with E-state index in [0.29, 0.717) is 24.0 Å². The summed E-state index contributed by atoms with van der Waals surface area (Å²) in [6, 6.07) is 20.7. The van der Waals surface area contributed by atoms with Crippen molar-refractivity contribution in [3.8, 4) is 22.4 Å². The van der Waals surface area contributed by atoms with Crippen LogP contribution in [-0.2, 0) is 6.54 Å². The SMILES string of the molecule is CCC(N)NCc1ncc(-c2ccc(-c3ccc4c(ccc5[nH]c([C@@H]6C[C@@]7(C)C[C@H]7N6)nc54)c3)cc2)[nH]1. The van der Waals surface area contributed by atoms with E-state index in [4.69, 9.17) is 10.7 Å².